The molecule has 3 aromatic rings. The fourth-order valence-electron chi connectivity index (χ4n) is 4.43. The highest BCUT2D eigenvalue weighted by molar-refractivity contribution is 14.0. The molecule has 1 aliphatic rings. The summed E-state index contributed by atoms with van der Waals surface area (Å²) < 4.78 is 2.46. The van der Waals surface area contributed by atoms with Gasteiger partial charge in [-0.15, -0.1) is 24.0 Å². The van der Waals surface area contributed by atoms with Crippen LogP contribution >= 0.6 is 24.0 Å². The van der Waals surface area contributed by atoms with E-state index in [9.17, 15) is 0 Å². The fourth-order valence-corrected chi connectivity index (χ4v) is 4.43. The number of hydrogen-bond acceptors (Lipinski definition) is 1. The van der Waals surface area contributed by atoms with E-state index in [-0.39, 0.29) is 29.4 Å². The van der Waals surface area contributed by atoms with E-state index >= 15 is 0 Å². The van der Waals surface area contributed by atoms with Crippen molar-refractivity contribution in [2.45, 2.75) is 26.2 Å². The van der Waals surface area contributed by atoms with Gasteiger partial charge in [0.25, 0.3) is 0 Å². The molecule has 3 aromatic carbocycles. The van der Waals surface area contributed by atoms with Gasteiger partial charge >= 0.3 is 0 Å². The molecule has 0 aliphatic carbocycles. The third-order valence-electron chi connectivity index (χ3n) is 5.91. The van der Waals surface area contributed by atoms with Crippen LogP contribution in [0.15, 0.2) is 66.7 Å². The van der Waals surface area contributed by atoms with Crippen LogP contribution in [0.3, 0.4) is 0 Å². The number of rotatable bonds is 4. The zero-order valence-electron chi connectivity index (χ0n) is 17.9. The molecule has 4 rings (SSSR count). The number of halogens is 1. The van der Waals surface area contributed by atoms with Gasteiger partial charge in [-0.25, -0.2) is 0 Å². The summed E-state index contributed by atoms with van der Waals surface area (Å²) in [5.41, 5.74) is 6.56. The molecule has 0 radical (unpaired) electrons. The van der Waals surface area contributed by atoms with Crippen molar-refractivity contribution in [3.8, 4) is 0 Å². The van der Waals surface area contributed by atoms with Crippen LogP contribution in [-0.2, 0) is 5.41 Å². The molecule has 150 valence electrons. The van der Waals surface area contributed by atoms with Crippen molar-refractivity contribution < 1.29 is 4.58 Å². The summed E-state index contributed by atoms with van der Waals surface area (Å²) in [5.74, 6) is 0. The normalized spacial score (nSPS) is 14.9. The minimum atomic E-state index is -0.0354. The summed E-state index contributed by atoms with van der Waals surface area (Å²) in [4.78, 5) is 2.13. The summed E-state index contributed by atoms with van der Waals surface area (Å²) in [6, 6.07) is 22.0. The molecule has 0 unspecified atom stereocenters. The van der Waals surface area contributed by atoms with E-state index in [1.54, 1.807) is 0 Å². The standard InChI is InChI=1S/C26H29N2.HI/c1-6-28-23-17-14-20-9-7-8-10-22(20)25(23)26(2,3)24(28)18-13-19-11-15-21(16-12-19)27(4)5;/h7-18H,6H2,1-5H3;1H/q+1;. The molecular weight excluding hydrogens is 467 g/mol. The van der Waals surface area contributed by atoms with E-state index < -0.39 is 0 Å². The third-order valence-corrected chi connectivity index (χ3v) is 5.91. The van der Waals surface area contributed by atoms with Crippen molar-refractivity contribution in [2.75, 3.05) is 25.5 Å². The van der Waals surface area contributed by atoms with E-state index in [1.165, 1.54) is 39.0 Å². The number of nitrogens with zero attached hydrogens (tertiary/aromatic N) is 2. The van der Waals surface area contributed by atoms with Gasteiger partial charge < -0.3 is 4.90 Å². The first-order valence-electron chi connectivity index (χ1n) is 10.1. The lowest BCUT2D eigenvalue weighted by molar-refractivity contribution is -0.433. The number of anilines is 1. The first-order chi connectivity index (χ1) is 13.4. The van der Waals surface area contributed by atoms with Crippen LogP contribution < -0.4 is 4.90 Å². The molecule has 0 bridgehead atoms. The van der Waals surface area contributed by atoms with Crippen molar-refractivity contribution >= 4 is 57.9 Å². The van der Waals surface area contributed by atoms with Crippen LogP contribution in [0.5, 0.6) is 0 Å². The zero-order valence-corrected chi connectivity index (χ0v) is 20.3. The summed E-state index contributed by atoms with van der Waals surface area (Å²) in [6.45, 7) is 7.90. The van der Waals surface area contributed by atoms with Crippen LogP contribution in [-0.4, -0.2) is 30.9 Å². The maximum atomic E-state index is 2.46. The second kappa shape index (κ2) is 8.31. The quantitative estimate of drug-likeness (QED) is 0.290. The first kappa shape index (κ1) is 21.6. The van der Waals surface area contributed by atoms with Gasteiger partial charge in [0.2, 0.25) is 5.69 Å². The van der Waals surface area contributed by atoms with E-state index in [0.717, 1.165) is 6.54 Å². The number of benzene rings is 3. The molecule has 3 heteroatoms. The largest absolute Gasteiger partial charge is 0.378 e. The Hall–Kier alpha value is -2.14. The predicted molar refractivity (Wildman–Crippen MR) is 138 cm³/mol. The topological polar surface area (TPSA) is 6.25 Å². The molecule has 1 aliphatic heterocycles. The van der Waals surface area contributed by atoms with Gasteiger partial charge in [-0.3, -0.25) is 0 Å². The van der Waals surface area contributed by atoms with Gasteiger partial charge in [0, 0.05) is 37.5 Å². The van der Waals surface area contributed by atoms with Crippen molar-refractivity contribution in [3.63, 3.8) is 0 Å². The van der Waals surface area contributed by atoms with Gasteiger partial charge in [-0.05, 0) is 61.4 Å². The first-order valence-corrected chi connectivity index (χ1v) is 10.1. The minimum Gasteiger partial charge on any atom is -0.378 e. The molecule has 0 amide bonds. The summed E-state index contributed by atoms with van der Waals surface area (Å²) in [5, 5.41) is 2.68. The zero-order chi connectivity index (χ0) is 19.9. The second-order valence-electron chi connectivity index (χ2n) is 8.25. The Morgan fingerprint density at radius 1 is 0.897 bits per heavy atom. The third kappa shape index (κ3) is 3.73. The molecule has 0 atom stereocenters. The molecule has 0 spiro atoms. The average Bonchev–Trinajstić information content (AvgIpc) is 2.92. The molecule has 29 heavy (non-hydrogen) atoms. The van der Waals surface area contributed by atoms with Gasteiger partial charge in [-0.1, -0.05) is 36.4 Å². The number of fused-ring (bicyclic) bond motifs is 3. The van der Waals surface area contributed by atoms with Crippen molar-refractivity contribution in [1.29, 1.82) is 0 Å². The van der Waals surface area contributed by atoms with Crippen LogP contribution in [0.2, 0.25) is 0 Å². The molecule has 0 saturated heterocycles. The molecule has 0 saturated carbocycles. The van der Waals surface area contributed by atoms with Gasteiger partial charge in [0.05, 0.1) is 5.41 Å². The van der Waals surface area contributed by atoms with E-state index in [4.69, 9.17) is 0 Å². The lowest BCUT2D eigenvalue weighted by Crippen LogP contribution is -2.27. The maximum absolute atomic E-state index is 2.46. The maximum Gasteiger partial charge on any atom is 0.210 e. The SMILES string of the molecule is CC[N+]1=C(/C=C/c2ccc(N(C)C)cc2)C(C)(C)c2c1ccc1ccccc21.I. The van der Waals surface area contributed by atoms with E-state index in [1.807, 2.05) is 0 Å². The molecule has 0 N–H and O–H groups in total. The second-order valence-corrected chi connectivity index (χ2v) is 8.25. The fraction of sp³-hybridized carbons (Fsp3) is 0.269. The van der Waals surface area contributed by atoms with Crippen LogP contribution in [0.25, 0.3) is 16.8 Å². The monoisotopic (exact) mass is 497 g/mol. The smallest absolute Gasteiger partial charge is 0.210 e. The lowest BCUT2D eigenvalue weighted by Gasteiger charge is -2.17. The highest BCUT2D eigenvalue weighted by atomic mass is 127. The Labute approximate surface area is 191 Å². The summed E-state index contributed by atoms with van der Waals surface area (Å²) in [6.07, 6.45) is 4.55. The Bertz CT molecular complexity index is 1090. The molecule has 2 nitrogen and oxygen atoms in total. The van der Waals surface area contributed by atoms with Crippen LogP contribution in [0.4, 0.5) is 11.4 Å². The number of hydrogen-bond donors (Lipinski definition) is 0. The summed E-state index contributed by atoms with van der Waals surface area (Å²) in [7, 11) is 4.14. The van der Waals surface area contributed by atoms with Crippen molar-refractivity contribution in [2.24, 2.45) is 0 Å². The summed E-state index contributed by atoms with van der Waals surface area (Å²) >= 11 is 0. The van der Waals surface area contributed by atoms with Crippen molar-refractivity contribution in [1.82, 2.24) is 0 Å². The molecule has 1 heterocycles. The Morgan fingerprint density at radius 3 is 2.24 bits per heavy atom. The van der Waals surface area contributed by atoms with Crippen LogP contribution in [0, 0.1) is 0 Å². The lowest BCUT2D eigenvalue weighted by atomic mass is 9.79. The average molecular weight is 497 g/mol. The van der Waals surface area contributed by atoms with Gasteiger partial charge in [0.15, 0.2) is 5.71 Å². The van der Waals surface area contributed by atoms with E-state index in [0.29, 0.717) is 0 Å². The minimum absolute atomic E-state index is 0. The predicted octanol–water partition coefficient (Wildman–Crippen LogP) is 6.63. The van der Waals surface area contributed by atoms with Gasteiger partial charge in [-0.2, -0.15) is 4.58 Å². The molecule has 0 aromatic heterocycles. The Morgan fingerprint density at radius 2 is 1.59 bits per heavy atom. The Kier molecular flexibility index (Phi) is 6.18. The highest BCUT2D eigenvalue weighted by Gasteiger charge is 2.44. The van der Waals surface area contributed by atoms with Gasteiger partial charge in [0.1, 0.15) is 6.54 Å². The van der Waals surface area contributed by atoms with Crippen molar-refractivity contribution in [3.05, 3.63) is 77.9 Å². The molecular formula is C26H30IN2+. The molecule has 0 fully saturated rings. The Balaban J connectivity index is 0.00000240. The van der Waals surface area contributed by atoms with Crippen LogP contribution in [0.1, 0.15) is 31.9 Å². The highest BCUT2D eigenvalue weighted by Crippen LogP contribution is 2.44. The van der Waals surface area contributed by atoms with E-state index in [2.05, 4.69) is 117 Å². The number of allylic oxidation sites excluding steroid dienone is 1.